The maximum atomic E-state index is 12.6. The molecule has 4 nitrogen and oxygen atoms in total. The van der Waals surface area contributed by atoms with Crippen LogP contribution < -0.4 is 4.74 Å². The number of nitrogens with zero attached hydrogens (tertiary/aromatic N) is 2. The van der Waals surface area contributed by atoms with Crippen LogP contribution >= 0.6 is 0 Å². The lowest BCUT2D eigenvalue weighted by Crippen LogP contribution is -2.48. The number of methoxy groups -OCH3 is 1. The first-order valence-corrected chi connectivity index (χ1v) is 8.78. The van der Waals surface area contributed by atoms with Gasteiger partial charge < -0.3 is 9.64 Å². The van der Waals surface area contributed by atoms with Crippen molar-refractivity contribution in [3.8, 4) is 5.75 Å². The van der Waals surface area contributed by atoms with E-state index in [9.17, 15) is 4.79 Å². The molecule has 0 N–H and O–H groups in total. The second kappa shape index (κ2) is 7.70. The monoisotopic (exact) mass is 338 g/mol. The summed E-state index contributed by atoms with van der Waals surface area (Å²) in [5, 5.41) is 0. The van der Waals surface area contributed by atoms with Gasteiger partial charge >= 0.3 is 0 Å². The third-order valence-electron chi connectivity index (χ3n) is 4.89. The highest BCUT2D eigenvalue weighted by Crippen LogP contribution is 2.17. The molecular formula is C21H26N2O2. The normalized spacial score (nSPS) is 15.2. The van der Waals surface area contributed by atoms with Gasteiger partial charge in [0.05, 0.1) is 7.11 Å². The molecule has 0 bridgehead atoms. The van der Waals surface area contributed by atoms with Crippen molar-refractivity contribution in [2.45, 2.75) is 20.4 Å². The van der Waals surface area contributed by atoms with E-state index in [-0.39, 0.29) is 5.91 Å². The van der Waals surface area contributed by atoms with Crippen LogP contribution in [0.1, 0.15) is 27.0 Å². The first-order valence-electron chi connectivity index (χ1n) is 8.78. The second-order valence-electron chi connectivity index (χ2n) is 6.73. The SMILES string of the molecule is COc1ccc(C(=O)N2CCN(Cc3ccc(C)cc3C)CC2)cc1. The Bertz CT molecular complexity index is 732. The Kier molecular flexibility index (Phi) is 5.39. The van der Waals surface area contributed by atoms with E-state index < -0.39 is 0 Å². The Morgan fingerprint density at radius 1 is 1.00 bits per heavy atom. The Hall–Kier alpha value is -2.33. The van der Waals surface area contributed by atoms with Crippen LogP contribution in [0.2, 0.25) is 0 Å². The van der Waals surface area contributed by atoms with Crippen LogP contribution in [-0.4, -0.2) is 49.0 Å². The van der Waals surface area contributed by atoms with Gasteiger partial charge in [-0.2, -0.15) is 0 Å². The lowest BCUT2D eigenvalue weighted by atomic mass is 10.0. The summed E-state index contributed by atoms with van der Waals surface area (Å²) in [5.41, 5.74) is 4.75. The van der Waals surface area contributed by atoms with Gasteiger partial charge in [0.25, 0.3) is 5.91 Å². The zero-order valence-corrected chi connectivity index (χ0v) is 15.3. The van der Waals surface area contributed by atoms with E-state index in [4.69, 9.17) is 4.74 Å². The minimum atomic E-state index is 0.105. The van der Waals surface area contributed by atoms with Gasteiger partial charge in [0.2, 0.25) is 0 Å². The van der Waals surface area contributed by atoms with Gasteiger partial charge in [0.15, 0.2) is 0 Å². The highest BCUT2D eigenvalue weighted by atomic mass is 16.5. The van der Waals surface area contributed by atoms with Crippen molar-refractivity contribution < 1.29 is 9.53 Å². The van der Waals surface area contributed by atoms with Crippen LogP contribution in [0.15, 0.2) is 42.5 Å². The smallest absolute Gasteiger partial charge is 0.253 e. The van der Waals surface area contributed by atoms with Crippen molar-refractivity contribution >= 4 is 5.91 Å². The summed E-state index contributed by atoms with van der Waals surface area (Å²) >= 11 is 0. The maximum Gasteiger partial charge on any atom is 0.253 e. The van der Waals surface area contributed by atoms with Crippen molar-refractivity contribution in [3.63, 3.8) is 0 Å². The first-order chi connectivity index (χ1) is 12.1. The molecular weight excluding hydrogens is 312 g/mol. The summed E-state index contributed by atoms with van der Waals surface area (Å²) in [4.78, 5) is 17.0. The first kappa shape index (κ1) is 17.5. The molecule has 1 fully saturated rings. The molecule has 0 saturated carbocycles. The van der Waals surface area contributed by atoms with Crippen LogP contribution in [-0.2, 0) is 6.54 Å². The molecule has 0 aliphatic carbocycles. The molecule has 1 saturated heterocycles. The number of ether oxygens (including phenoxy) is 1. The van der Waals surface area contributed by atoms with Crippen LogP contribution in [0.25, 0.3) is 0 Å². The molecule has 2 aromatic carbocycles. The number of benzene rings is 2. The molecule has 0 radical (unpaired) electrons. The Morgan fingerprint density at radius 3 is 2.28 bits per heavy atom. The topological polar surface area (TPSA) is 32.8 Å². The van der Waals surface area contributed by atoms with Crippen LogP contribution in [0, 0.1) is 13.8 Å². The lowest BCUT2D eigenvalue weighted by Gasteiger charge is -2.35. The summed E-state index contributed by atoms with van der Waals surface area (Å²) in [6, 6.07) is 14.0. The van der Waals surface area contributed by atoms with Crippen LogP contribution in [0.5, 0.6) is 5.75 Å². The summed E-state index contributed by atoms with van der Waals surface area (Å²) in [7, 11) is 1.63. The Morgan fingerprint density at radius 2 is 1.68 bits per heavy atom. The van der Waals surface area contributed by atoms with Crippen molar-refractivity contribution in [1.82, 2.24) is 9.80 Å². The third kappa shape index (κ3) is 4.20. The molecule has 1 amide bonds. The highest BCUT2D eigenvalue weighted by Gasteiger charge is 2.22. The van der Waals surface area contributed by atoms with Crippen LogP contribution in [0.4, 0.5) is 0 Å². The van der Waals surface area contributed by atoms with Gasteiger partial charge in [0, 0.05) is 38.3 Å². The van der Waals surface area contributed by atoms with Crippen molar-refractivity contribution in [2.75, 3.05) is 33.3 Å². The Balaban J connectivity index is 1.56. The number of carbonyl (C=O) groups excluding carboxylic acids is 1. The molecule has 132 valence electrons. The molecule has 1 aliphatic rings. The number of aryl methyl sites for hydroxylation is 2. The summed E-state index contributed by atoms with van der Waals surface area (Å²) in [5.74, 6) is 0.878. The average molecular weight is 338 g/mol. The third-order valence-corrected chi connectivity index (χ3v) is 4.89. The van der Waals surface area contributed by atoms with E-state index in [0.717, 1.165) is 44.0 Å². The van der Waals surface area contributed by atoms with Gasteiger partial charge in [-0.25, -0.2) is 0 Å². The number of amides is 1. The minimum absolute atomic E-state index is 0.105. The number of hydrogen-bond donors (Lipinski definition) is 0. The van der Waals surface area contributed by atoms with E-state index in [0.29, 0.717) is 0 Å². The van der Waals surface area contributed by atoms with E-state index >= 15 is 0 Å². The summed E-state index contributed by atoms with van der Waals surface area (Å²) in [6.45, 7) is 8.62. The molecule has 25 heavy (non-hydrogen) atoms. The van der Waals surface area contributed by atoms with Gasteiger partial charge in [-0.15, -0.1) is 0 Å². The van der Waals surface area contributed by atoms with E-state index in [1.807, 2.05) is 29.2 Å². The summed E-state index contributed by atoms with van der Waals surface area (Å²) < 4.78 is 5.15. The fraction of sp³-hybridized carbons (Fsp3) is 0.381. The molecule has 0 unspecified atom stereocenters. The van der Waals surface area contributed by atoms with E-state index in [1.165, 1.54) is 16.7 Å². The van der Waals surface area contributed by atoms with Crippen LogP contribution in [0.3, 0.4) is 0 Å². The quantitative estimate of drug-likeness (QED) is 0.858. The standard InChI is InChI=1S/C21H26N2O2/c1-16-4-5-19(17(2)14-16)15-22-10-12-23(13-11-22)21(24)18-6-8-20(25-3)9-7-18/h4-9,14H,10-13,15H2,1-3H3. The van der Waals surface area contributed by atoms with E-state index in [2.05, 4.69) is 36.9 Å². The van der Waals surface area contributed by atoms with Crippen molar-refractivity contribution in [2.24, 2.45) is 0 Å². The van der Waals surface area contributed by atoms with Gasteiger partial charge in [-0.1, -0.05) is 23.8 Å². The second-order valence-corrected chi connectivity index (χ2v) is 6.73. The van der Waals surface area contributed by atoms with E-state index in [1.54, 1.807) is 7.11 Å². The van der Waals surface area contributed by atoms with Crippen molar-refractivity contribution in [1.29, 1.82) is 0 Å². The molecule has 0 aromatic heterocycles. The number of hydrogen-bond acceptors (Lipinski definition) is 3. The highest BCUT2D eigenvalue weighted by molar-refractivity contribution is 5.94. The molecule has 0 atom stereocenters. The molecule has 4 heteroatoms. The molecule has 1 heterocycles. The predicted octanol–water partition coefficient (Wildman–Crippen LogP) is 3.27. The predicted molar refractivity (Wildman–Crippen MR) is 100 cm³/mol. The molecule has 0 spiro atoms. The molecule has 1 aliphatic heterocycles. The average Bonchev–Trinajstić information content (AvgIpc) is 2.64. The largest absolute Gasteiger partial charge is 0.497 e. The zero-order valence-electron chi connectivity index (χ0n) is 15.3. The maximum absolute atomic E-state index is 12.6. The fourth-order valence-corrected chi connectivity index (χ4v) is 3.29. The number of carbonyl (C=O) groups is 1. The number of piperazine rings is 1. The minimum Gasteiger partial charge on any atom is -0.497 e. The fourth-order valence-electron chi connectivity index (χ4n) is 3.29. The summed E-state index contributed by atoms with van der Waals surface area (Å²) in [6.07, 6.45) is 0. The number of rotatable bonds is 4. The molecule has 2 aromatic rings. The lowest BCUT2D eigenvalue weighted by molar-refractivity contribution is 0.0628. The molecule has 3 rings (SSSR count). The van der Waals surface area contributed by atoms with Crippen molar-refractivity contribution in [3.05, 3.63) is 64.7 Å². The van der Waals surface area contributed by atoms with Gasteiger partial charge in [-0.3, -0.25) is 9.69 Å². The van der Waals surface area contributed by atoms with Gasteiger partial charge in [0.1, 0.15) is 5.75 Å². The Labute approximate surface area is 150 Å². The van der Waals surface area contributed by atoms with Gasteiger partial charge in [-0.05, 0) is 49.2 Å². The zero-order chi connectivity index (χ0) is 17.8.